The van der Waals surface area contributed by atoms with Crippen LogP contribution in [0.4, 0.5) is 0 Å². The van der Waals surface area contributed by atoms with Crippen LogP contribution in [0.15, 0.2) is 18.3 Å². The van der Waals surface area contributed by atoms with Gasteiger partial charge in [0, 0.05) is 18.0 Å². The third-order valence-electron chi connectivity index (χ3n) is 4.27. The molecule has 0 saturated heterocycles. The smallest absolute Gasteiger partial charge is 0.144 e. The van der Waals surface area contributed by atoms with Gasteiger partial charge in [-0.3, -0.25) is 9.78 Å². The molecule has 2 heteroatoms. The molecule has 2 nitrogen and oxygen atoms in total. The molecule has 0 aromatic carbocycles. The fourth-order valence-corrected chi connectivity index (χ4v) is 2.92. The van der Waals surface area contributed by atoms with E-state index in [1.165, 1.54) is 12.8 Å². The highest BCUT2D eigenvalue weighted by Crippen LogP contribution is 2.42. The molecule has 0 amide bonds. The Morgan fingerprint density at radius 1 is 1.41 bits per heavy atom. The van der Waals surface area contributed by atoms with Crippen LogP contribution in [-0.2, 0) is 11.2 Å². The molecular weight excluding hydrogens is 210 g/mol. The predicted molar refractivity (Wildman–Crippen MR) is 68.9 cm³/mol. The molecule has 0 aliphatic heterocycles. The van der Waals surface area contributed by atoms with Crippen LogP contribution in [0.3, 0.4) is 0 Å². The average Bonchev–Trinajstić information content (AvgIpc) is 2.82. The first-order valence-corrected chi connectivity index (χ1v) is 6.62. The first-order chi connectivity index (χ1) is 8.18. The van der Waals surface area contributed by atoms with E-state index < -0.39 is 0 Å². The van der Waals surface area contributed by atoms with E-state index in [0.29, 0.717) is 12.2 Å². The van der Waals surface area contributed by atoms with E-state index in [2.05, 4.69) is 11.9 Å². The molecule has 1 aromatic rings. The molecule has 1 fully saturated rings. The van der Waals surface area contributed by atoms with E-state index >= 15 is 0 Å². The van der Waals surface area contributed by atoms with Crippen molar-refractivity contribution in [2.45, 2.75) is 52.4 Å². The lowest BCUT2D eigenvalue weighted by molar-refractivity contribution is -0.128. The summed E-state index contributed by atoms with van der Waals surface area (Å²) in [6.45, 7) is 4.18. The molecule has 17 heavy (non-hydrogen) atoms. The van der Waals surface area contributed by atoms with E-state index in [9.17, 15) is 4.79 Å². The van der Waals surface area contributed by atoms with Gasteiger partial charge in [-0.15, -0.1) is 0 Å². The van der Waals surface area contributed by atoms with Crippen molar-refractivity contribution in [1.82, 2.24) is 4.98 Å². The molecule has 2 rings (SSSR count). The third-order valence-corrected chi connectivity index (χ3v) is 4.27. The molecule has 1 aromatic heterocycles. The Kier molecular flexibility index (Phi) is 3.60. The highest BCUT2D eigenvalue weighted by Gasteiger charge is 2.38. The molecule has 0 spiro atoms. The van der Waals surface area contributed by atoms with Gasteiger partial charge in [-0.2, -0.15) is 0 Å². The van der Waals surface area contributed by atoms with E-state index in [0.717, 1.165) is 30.5 Å². The molecule has 0 bridgehead atoms. The summed E-state index contributed by atoms with van der Waals surface area (Å²) in [5.41, 5.74) is 2.05. The Labute approximate surface area is 103 Å². The van der Waals surface area contributed by atoms with Gasteiger partial charge in [-0.05, 0) is 37.8 Å². The number of ketones is 1. The number of Topliss-reactive ketones (excluding diaryl/α,β-unsaturated/α-hetero) is 1. The summed E-state index contributed by atoms with van der Waals surface area (Å²) in [5.74, 6) is 0.402. The number of carbonyl (C=O) groups is 1. The second kappa shape index (κ2) is 4.99. The fraction of sp³-hybridized carbons (Fsp3) is 0.600. The van der Waals surface area contributed by atoms with E-state index in [-0.39, 0.29) is 5.41 Å². The third kappa shape index (κ3) is 2.41. The number of aryl methyl sites for hydroxylation is 1. The summed E-state index contributed by atoms with van der Waals surface area (Å²) in [5, 5.41) is 0. The van der Waals surface area contributed by atoms with Crippen molar-refractivity contribution in [2.24, 2.45) is 5.41 Å². The van der Waals surface area contributed by atoms with E-state index in [1.54, 1.807) is 6.20 Å². The largest absolute Gasteiger partial charge is 0.299 e. The van der Waals surface area contributed by atoms with Crippen molar-refractivity contribution < 1.29 is 4.79 Å². The van der Waals surface area contributed by atoms with Gasteiger partial charge in [0.25, 0.3) is 0 Å². The molecular formula is C15H21NO. The van der Waals surface area contributed by atoms with Gasteiger partial charge in [-0.1, -0.05) is 25.8 Å². The molecule has 1 aliphatic carbocycles. The number of rotatable bonds is 4. The number of aromatic nitrogens is 1. The predicted octanol–water partition coefficient (Wildman–Crippen LogP) is 3.47. The lowest BCUT2D eigenvalue weighted by Crippen LogP contribution is -2.29. The Morgan fingerprint density at radius 3 is 2.71 bits per heavy atom. The maximum absolute atomic E-state index is 12.5. The summed E-state index contributed by atoms with van der Waals surface area (Å²) in [4.78, 5) is 16.8. The van der Waals surface area contributed by atoms with Gasteiger partial charge in [-0.25, -0.2) is 0 Å². The normalized spacial score (nSPS) is 18.2. The monoisotopic (exact) mass is 231 g/mol. The number of nitrogens with zero attached hydrogens (tertiary/aromatic N) is 1. The summed E-state index contributed by atoms with van der Waals surface area (Å²) in [6, 6.07) is 3.96. The summed E-state index contributed by atoms with van der Waals surface area (Å²) >= 11 is 0. The number of hydrogen-bond acceptors (Lipinski definition) is 2. The average molecular weight is 231 g/mol. The minimum absolute atomic E-state index is 0.0377. The molecule has 0 unspecified atom stereocenters. The first kappa shape index (κ1) is 12.3. The second-order valence-electron chi connectivity index (χ2n) is 5.21. The molecule has 1 aliphatic rings. The van der Waals surface area contributed by atoms with Crippen molar-refractivity contribution >= 4 is 5.78 Å². The van der Waals surface area contributed by atoms with Crippen LogP contribution < -0.4 is 0 Å². The van der Waals surface area contributed by atoms with Crippen LogP contribution in [-0.4, -0.2) is 10.8 Å². The van der Waals surface area contributed by atoms with Gasteiger partial charge in [0.05, 0.1) is 5.69 Å². The van der Waals surface area contributed by atoms with Gasteiger partial charge in [0.1, 0.15) is 5.78 Å². The van der Waals surface area contributed by atoms with Crippen LogP contribution in [0.1, 0.15) is 50.3 Å². The van der Waals surface area contributed by atoms with Crippen molar-refractivity contribution in [3.63, 3.8) is 0 Å². The minimum Gasteiger partial charge on any atom is -0.299 e. The van der Waals surface area contributed by atoms with Gasteiger partial charge < -0.3 is 0 Å². The van der Waals surface area contributed by atoms with Crippen molar-refractivity contribution in [1.29, 1.82) is 0 Å². The molecule has 0 N–H and O–H groups in total. The second-order valence-corrected chi connectivity index (χ2v) is 5.21. The zero-order valence-electron chi connectivity index (χ0n) is 10.8. The summed E-state index contributed by atoms with van der Waals surface area (Å²) in [6.07, 6.45) is 7.85. The Balaban J connectivity index is 2.14. The lowest BCUT2D eigenvalue weighted by Gasteiger charge is -2.25. The fourth-order valence-electron chi connectivity index (χ4n) is 2.92. The number of pyridine rings is 1. The number of carbonyl (C=O) groups excluding carboxylic acids is 1. The number of hydrogen-bond donors (Lipinski definition) is 0. The SMILES string of the molecule is CCC1(C(=O)Cc2ncccc2C)CCCC1. The molecule has 1 heterocycles. The molecule has 0 atom stereocenters. The van der Waals surface area contributed by atoms with Crippen LogP contribution in [0.2, 0.25) is 0 Å². The van der Waals surface area contributed by atoms with E-state index in [1.807, 2.05) is 19.1 Å². The Hall–Kier alpha value is -1.18. The maximum atomic E-state index is 12.5. The van der Waals surface area contributed by atoms with Crippen LogP contribution in [0.25, 0.3) is 0 Å². The quantitative estimate of drug-likeness (QED) is 0.794. The van der Waals surface area contributed by atoms with E-state index in [4.69, 9.17) is 0 Å². The Bertz CT molecular complexity index is 405. The van der Waals surface area contributed by atoms with Crippen molar-refractivity contribution in [3.05, 3.63) is 29.6 Å². The standard InChI is InChI=1S/C15H21NO/c1-3-15(8-4-5-9-15)14(17)11-13-12(2)7-6-10-16-13/h6-7,10H,3-5,8-9,11H2,1-2H3. The van der Waals surface area contributed by atoms with Crippen LogP contribution in [0.5, 0.6) is 0 Å². The van der Waals surface area contributed by atoms with Crippen LogP contribution in [0, 0.1) is 12.3 Å². The minimum atomic E-state index is -0.0377. The highest BCUT2D eigenvalue weighted by molar-refractivity contribution is 5.86. The zero-order chi connectivity index (χ0) is 12.3. The highest BCUT2D eigenvalue weighted by atomic mass is 16.1. The maximum Gasteiger partial charge on any atom is 0.144 e. The van der Waals surface area contributed by atoms with Gasteiger partial charge >= 0.3 is 0 Å². The van der Waals surface area contributed by atoms with Crippen molar-refractivity contribution in [3.8, 4) is 0 Å². The topological polar surface area (TPSA) is 30.0 Å². The Morgan fingerprint density at radius 2 is 2.12 bits per heavy atom. The molecule has 92 valence electrons. The molecule has 1 saturated carbocycles. The summed E-state index contributed by atoms with van der Waals surface area (Å²) in [7, 11) is 0. The zero-order valence-corrected chi connectivity index (χ0v) is 10.8. The first-order valence-electron chi connectivity index (χ1n) is 6.62. The van der Waals surface area contributed by atoms with Crippen molar-refractivity contribution in [2.75, 3.05) is 0 Å². The van der Waals surface area contributed by atoms with Gasteiger partial charge in [0.15, 0.2) is 0 Å². The van der Waals surface area contributed by atoms with Gasteiger partial charge in [0.2, 0.25) is 0 Å². The van der Waals surface area contributed by atoms with Crippen LogP contribution >= 0.6 is 0 Å². The molecule has 0 radical (unpaired) electrons. The summed E-state index contributed by atoms with van der Waals surface area (Å²) < 4.78 is 0. The lowest BCUT2D eigenvalue weighted by atomic mass is 9.77.